The number of Topliss-reactive ketones (excluding diaryl/α,β-unsaturated/α-hetero) is 1. The van der Waals surface area contributed by atoms with Gasteiger partial charge in [-0.15, -0.1) is 11.3 Å². The van der Waals surface area contributed by atoms with Crippen LogP contribution in [0.15, 0.2) is 42.2 Å². The van der Waals surface area contributed by atoms with Gasteiger partial charge in [0.2, 0.25) is 0 Å². The molecule has 3 rings (SSSR count). The summed E-state index contributed by atoms with van der Waals surface area (Å²) < 4.78 is 0. The van der Waals surface area contributed by atoms with E-state index in [2.05, 4.69) is 0 Å². The van der Waals surface area contributed by atoms with E-state index in [0.717, 1.165) is 16.9 Å². The second-order valence-corrected chi connectivity index (χ2v) is 8.21. The van der Waals surface area contributed by atoms with Gasteiger partial charge in [0.25, 0.3) is 5.91 Å². The lowest BCUT2D eigenvalue weighted by Gasteiger charge is -2.36. The minimum atomic E-state index is -0.730. The number of rotatable bonds is 6. The summed E-state index contributed by atoms with van der Waals surface area (Å²) in [5.74, 6) is 5.02. The van der Waals surface area contributed by atoms with E-state index in [4.69, 9.17) is 23.0 Å². The summed E-state index contributed by atoms with van der Waals surface area (Å²) in [6, 6.07) is 9.68. The van der Waals surface area contributed by atoms with Crippen molar-refractivity contribution in [3.8, 4) is 0 Å². The number of carbonyl (C=O) groups is 2. The first-order chi connectivity index (χ1) is 13.3. The number of allylic oxidation sites excluding steroid dienone is 1. The molecule has 1 aromatic carbocycles. The fourth-order valence-corrected chi connectivity index (χ4v) is 5.11. The third-order valence-electron chi connectivity index (χ3n) is 5.26. The van der Waals surface area contributed by atoms with Crippen LogP contribution in [0.3, 0.4) is 0 Å². The number of hydrazine groups is 1. The Labute approximate surface area is 167 Å². The normalized spacial score (nSPS) is 19.4. The molecule has 0 radical (unpaired) electrons. The number of hydrogen-bond donors (Lipinski definition) is 4. The molecule has 1 heterocycles. The molecule has 28 heavy (non-hydrogen) atoms. The van der Waals surface area contributed by atoms with Crippen molar-refractivity contribution < 1.29 is 9.59 Å². The van der Waals surface area contributed by atoms with Gasteiger partial charge in [-0.2, -0.15) is 0 Å². The van der Waals surface area contributed by atoms with Gasteiger partial charge in [0.05, 0.1) is 20.9 Å². The monoisotopic (exact) mass is 399 g/mol. The molecule has 0 fully saturated rings. The van der Waals surface area contributed by atoms with E-state index < -0.39 is 11.3 Å². The van der Waals surface area contributed by atoms with Gasteiger partial charge >= 0.3 is 0 Å². The Hall–Kier alpha value is -2.84. The molecule has 1 unspecified atom stereocenters. The summed E-state index contributed by atoms with van der Waals surface area (Å²) in [7, 11) is 1.69. The number of amides is 1. The second-order valence-electron chi connectivity index (χ2n) is 7.16. The molecule has 8 heteroatoms. The SMILES string of the molecule is CN(N)/C=C(\N)CCC1(c2ccccc2)CCc2c(sc(N)c2C(N)=O)C1=O. The van der Waals surface area contributed by atoms with Crippen LogP contribution in [0, 0.1) is 0 Å². The Balaban J connectivity index is 2.05. The van der Waals surface area contributed by atoms with Gasteiger partial charge in [-0.3, -0.25) is 9.59 Å². The Morgan fingerprint density at radius 1 is 1.29 bits per heavy atom. The van der Waals surface area contributed by atoms with Gasteiger partial charge in [-0.25, -0.2) is 5.84 Å². The molecule has 148 valence electrons. The van der Waals surface area contributed by atoms with Crippen molar-refractivity contribution in [1.29, 1.82) is 0 Å². The predicted molar refractivity (Wildman–Crippen MR) is 111 cm³/mol. The second kappa shape index (κ2) is 7.65. The van der Waals surface area contributed by atoms with Crippen molar-refractivity contribution in [3.63, 3.8) is 0 Å². The number of benzene rings is 1. The zero-order chi connectivity index (χ0) is 20.5. The molecular formula is C20H25N5O2S. The number of nitrogens with two attached hydrogens (primary N) is 4. The smallest absolute Gasteiger partial charge is 0.251 e. The topological polar surface area (TPSA) is 141 Å². The molecule has 0 bridgehead atoms. The van der Waals surface area contributed by atoms with Crippen molar-refractivity contribution in [2.75, 3.05) is 12.8 Å². The third-order valence-corrected chi connectivity index (χ3v) is 6.32. The number of thiophene rings is 1. The van der Waals surface area contributed by atoms with E-state index in [9.17, 15) is 9.59 Å². The Bertz CT molecular complexity index is 936. The lowest BCUT2D eigenvalue weighted by molar-refractivity contribution is 0.0854. The number of fused-ring (bicyclic) bond motifs is 1. The Kier molecular flexibility index (Phi) is 5.44. The molecule has 0 saturated carbocycles. The highest BCUT2D eigenvalue weighted by atomic mass is 32.1. The highest BCUT2D eigenvalue weighted by Gasteiger charge is 2.46. The summed E-state index contributed by atoms with van der Waals surface area (Å²) in [5.41, 5.74) is 19.4. The summed E-state index contributed by atoms with van der Waals surface area (Å²) in [6.45, 7) is 0. The lowest BCUT2D eigenvalue weighted by Crippen LogP contribution is -2.40. The fourth-order valence-electron chi connectivity index (χ4n) is 3.95. The number of ketones is 1. The first-order valence-corrected chi connectivity index (χ1v) is 9.83. The first kappa shape index (κ1) is 19.9. The lowest BCUT2D eigenvalue weighted by atomic mass is 9.65. The molecule has 1 aliphatic carbocycles. The summed E-state index contributed by atoms with van der Waals surface area (Å²) in [4.78, 5) is 26.0. The molecule has 1 atom stereocenters. The first-order valence-electron chi connectivity index (χ1n) is 9.01. The molecule has 0 spiro atoms. The van der Waals surface area contributed by atoms with Crippen LogP contribution in [0.2, 0.25) is 0 Å². The largest absolute Gasteiger partial charge is 0.401 e. The standard InChI is InChI=1S/C20H25N5O2S/c1-25(24)11-13(21)7-9-20(12-5-3-2-4-6-12)10-8-14-15(18(22)27)19(23)28-16(14)17(20)26/h2-6,11H,7-10,21,23-24H2,1H3,(H2,22,27)/b13-11-. The van der Waals surface area contributed by atoms with Crippen LogP contribution in [0.5, 0.6) is 0 Å². The Morgan fingerprint density at radius 2 is 1.96 bits per heavy atom. The molecule has 1 amide bonds. The number of anilines is 1. The van der Waals surface area contributed by atoms with Crippen LogP contribution < -0.4 is 23.0 Å². The zero-order valence-electron chi connectivity index (χ0n) is 15.8. The van der Waals surface area contributed by atoms with E-state index in [1.807, 2.05) is 30.3 Å². The Morgan fingerprint density at radius 3 is 2.57 bits per heavy atom. The van der Waals surface area contributed by atoms with E-state index >= 15 is 0 Å². The highest BCUT2D eigenvalue weighted by Crippen LogP contribution is 2.47. The van der Waals surface area contributed by atoms with E-state index in [1.54, 1.807) is 13.2 Å². The molecule has 0 aliphatic heterocycles. The van der Waals surface area contributed by atoms with E-state index in [1.165, 1.54) is 5.01 Å². The highest BCUT2D eigenvalue weighted by molar-refractivity contribution is 7.18. The van der Waals surface area contributed by atoms with Gasteiger partial charge in [-0.05, 0) is 36.8 Å². The number of nitrogens with zero attached hydrogens (tertiary/aromatic N) is 1. The van der Waals surface area contributed by atoms with Crippen LogP contribution in [0.1, 0.15) is 50.4 Å². The quantitative estimate of drug-likeness (QED) is 0.432. The average Bonchev–Trinajstić information content (AvgIpc) is 2.98. The van der Waals surface area contributed by atoms with Crippen molar-refractivity contribution in [2.24, 2.45) is 17.3 Å². The molecule has 7 nitrogen and oxygen atoms in total. The fraction of sp³-hybridized carbons (Fsp3) is 0.300. The van der Waals surface area contributed by atoms with Crippen LogP contribution in [0.25, 0.3) is 0 Å². The van der Waals surface area contributed by atoms with Crippen LogP contribution >= 0.6 is 11.3 Å². The number of carbonyl (C=O) groups excluding carboxylic acids is 2. The summed E-state index contributed by atoms with van der Waals surface area (Å²) in [6.07, 6.45) is 3.81. The number of hydrogen-bond acceptors (Lipinski definition) is 7. The van der Waals surface area contributed by atoms with Gasteiger partial charge in [-0.1, -0.05) is 30.3 Å². The summed E-state index contributed by atoms with van der Waals surface area (Å²) in [5, 5.41) is 1.70. The van der Waals surface area contributed by atoms with Crippen molar-refractivity contribution in [3.05, 3.63) is 63.8 Å². The predicted octanol–water partition coefficient (Wildman–Crippen LogP) is 1.88. The molecule has 2 aromatic rings. The summed E-state index contributed by atoms with van der Waals surface area (Å²) >= 11 is 1.15. The number of nitrogen functional groups attached to an aromatic ring is 1. The van der Waals surface area contributed by atoms with Crippen LogP contribution in [0.4, 0.5) is 5.00 Å². The van der Waals surface area contributed by atoms with Crippen molar-refractivity contribution in [2.45, 2.75) is 31.1 Å². The van der Waals surface area contributed by atoms with Gasteiger partial charge in [0.15, 0.2) is 5.78 Å². The maximum atomic E-state index is 13.7. The third kappa shape index (κ3) is 3.48. The minimum absolute atomic E-state index is 0.0296. The van der Waals surface area contributed by atoms with Crippen LogP contribution in [-0.4, -0.2) is 23.7 Å². The van der Waals surface area contributed by atoms with Crippen LogP contribution in [-0.2, 0) is 11.8 Å². The maximum Gasteiger partial charge on any atom is 0.251 e. The molecular weight excluding hydrogens is 374 g/mol. The number of primary amides is 1. The average molecular weight is 400 g/mol. The minimum Gasteiger partial charge on any atom is -0.401 e. The van der Waals surface area contributed by atoms with Gasteiger partial charge < -0.3 is 22.2 Å². The van der Waals surface area contributed by atoms with Gasteiger partial charge in [0, 0.05) is 18.9 Å². The molecule has 8 N–H and O–H groups in total. The molecule has 1 aliphatic rings. The van der Waals surface area contributed by atoms with Crippen molar-refractivity contribution in [1.82, 2.24) is 5.01 Å². The zero-order valence-corrected chi connectivity index (χ0v) is 16.6. The van der Waals surface area contributed by atoms with E-state index in [0.29, 0.717) is 52.4 Å². The molecule has 0 saturated heterocycles. The van der Waals surface area contributed by atoms with Gasteiger partial charge in [0.1, 0.15) is 0 Å². The van der Waals surface area contributed by atoms with Crippen molar-refractivity contribution >= 4 is 28.0 Å². The van der Waals surface area contributed by atoms with E-state index in [-0.39, 0.29) is 5.78 Å². The molecule has 1 aromatic heterocycles. The maximum absolute atomic E-state index is 13.7.